The Balaban J connectivity index is 1.62. The van der Waals surface area contributed by atoms with Crippen LogP contribution in [-0.2, 0) is 0 Å². The Kier molecular flexibility index (Phi) is 5.41. The van der Waals surface area contributed by atoms with Gasteiger partial charge in [0, 0.05) is 5.56 Å². The summed E-state index contributed by atoms with van der Waals surface area (Å²) in [5.74, 6) is -0.955. The molecular weight excluding hydrogens is 384 g/mol. The molecule has 0 saturated heterocycles. The van der Waals surface area contributed by atoms with Gasteiger partial charge in [0.2, 0.25) is 0 Å². The molecule has 0 amide bonds. The molecule has 1 nitrogen and oxygen atoms in total. The Morgan fingerprint density at radius 3 is 1.76 bits per heavy atom. The minimum Gasteiger partial charge on any atom is -0.206 e. The number of hydrogen-bond acceptors (Lipinski definition) is 2. The van der Waals surface area contributed by atoms with Crippen molar-refractivity contribution in [3.63, 3.8) is 0 Å². The second-order valence-corrected chi connectivity index (χ2v) is 7.30. The SMILES string of the molecule is N#CSc1ccc(-c2ccc(-c3ccc(-c4ccccc4)cc3)cc2F)cc1F. The Morgan fingerprint density at radius 2 is 1.14 bits per heavy atom. The zero-order chi connectivity index (χ0) is 20.2. The van der Waals surface area contributed by atoms with Gasteiger partial charge in [-0.05, 0) is 57.8 Å². The minimum atomic E-state index is -0.533. The van der Waals surface area contributed by atoms with Crippen molar-refractivity contribution in [2.75, 3.05) is 0 Å². The molecule has 29 heavy (non-hydrogen) atoms. The van der Waals surface area contributed by atoms with Crippen molar-refractivity contribution < 1.29 is 8.78 Å². The molecule has 0 bridgehead atoms. The summed E-state index contributed by atoms with van der Waals surface area (Å²) in [7, 11) is 0. The molecule has 0 fully saturated rings. The first-order valence-electron chi connectivity index (χ1n) is 8.97. The summed E-state index contributed by atoms with van der Waals surface area (Å²) in [6.07, 6.45) is 0. The fourth-order valence-corrected chi connectivity index (χ4v) is 3.61. The highest BCUT2D eigenvalue weighted by Gasteiger charge is 2.11. The summed E-state index contributed by atoms with van der Waals surface area (Å²) >= 11 is 0.746. The van der Waals surface area contributed by atoms with Gasteiger partial charge in [0.05, 0.1) is 4.90 Å². The van der Waals surface area contributed by atoms with Crippen molar-refractivity contribution >= 4 is 11.8 Å². The molecule has 0 radical (unpaired) electrons. The van der Waals surface area contributed by atoms with E-state index in [2.05, 4.69) is 0 Å². The molecule has 0 aliphatic rings. The summed E-state index contributed by atoms with van der Waals surface area (Å²) in [5, 5.41) is 10.5. The first kappa shape index (κ1) is 18.9. The van der Waals surface area contributed by atoms with Crippen molar-refractivity contribution in [1.29, 1.82) is 5.26 Å². The molecule has 4 aromatic carbocycles. The Morgan fingerprint density at radius 1 is 0.586 bits per heavy atom. The fraction of sp³-hybridized carbons (Fsp3) is 0. The highest BCUT2D eigenvalue weighted by Crippen LogP contribution is 2.31. The van der Waals surface area contributed by atoms with Gasteiger partial charge in [-0.15, -0.1) is 0 Å². The van der Waals surface area contributed by atoms with Crippen molar-refractivity contribution in [3.8, 4) is 38.8 Å². The van der Waals surface area contributed by atoms with Gasteiger partial charge in [-0.2, -0.15) is 5.26 Å². The van der Waals surface area contributed by atoms with Crippen LogP contribution in [0.1, 0.15) is 0 Å². The largest absolute Gasteiger partial charge is 0.206 e. The van der Waals surface area contributed by atoms with Gasteiger partial charge in [0.25, 0.3) is 0 Å². The Hall–Kier alpha value is -3.42. The maximum atomic E-state index is 14.8. The normalized spacial score (nSPS) is 10.5. The number of nitrogens with zero attached hydrogens (tertiary/aromatic N) is 1. The van der Waals surface area contributed by atoms with Crippen LogP contribution in [0.4, 0.5) is 8.78 Å². The molecule has 0 N–H and O–H groups in total. The van der Waals surface area contributed by atoms with Crippen molar-refractivity contribution in [1.82, 2.24) is 0 Å². The zero-order valence-electron chi connectivity index (χ0n) is 15.3. The monoisotopic (exact) mass is 399 g/mol. The summed E-state index contributed by atoms with van der Waals surface area (Å²) < 4.78 is 28.8. The lowest BCUT2D eigenvalue weighted by molar-refractivity contribution is 0.602. The fourth-order valence-electron chi connectivity index (χ4n) is 3.21. The van der Waals surface area contributed by atoms with E-state index >= 15 is 0 Å². The van der Waals surface area contributed by atoms with E-state index < -0.39 is 11.6 Å². The minimum absolute atomic E-state index is 0.229. The smallest absolute Gasteiger partial charge is 0.138 e. The number of hydrogen-bond donors (Lipinski definition) is 0. The third-order valence-corrected chi connectivity index (χ3v) is 5.34. The zero-order valence-corrected chi connectivity index (χ0v) is 16.1. The van der Waals surface area contributed by atoms with Crippen molar-refractivity contribution in [3.05, 3.63) is 103 Å². The number of thioether (sulfide) groups is 1. The van der Waals surface area contributed by atoms with Crippen LogP contribution in [0.5, 0.6) is 0 Å². The number of nitriles is 1. The predicted octanol–water partition coefficient (Wildman–Crippen LogP) is 7.54. The third-order valence-electron chi connectivity index (χ3n) is 4.69. The van der Waals surface area contributed by atoms with E-state index in [1.54, 1.807) is 12.1 Å². The van der Waals surface area contributed by atoms with Crippen LogP contribution in [-0.4, -0.2) is 0 Å². The van der Waals surface area contributed by atoms with Gasteiger partial charge in [-0.1, -0.05) is 72.8 Å². The quantitative estimate of drug-likeness (QED) is 0.261. The maximum Gasteiger partial charge on any atom is 0.138 e. The van der Waals surface area contributed by atoms with Crippen LogP contribution in [0, 0.1) is 22.3 Å². The first-order chi connectivity index (χ1) is 14.2. The lowest BCUT2D eigenvalue weighted by atomic mass is 9.97. The highest BCUT2D eigenvalue weighted by atomic mass is 32.2. The molecule has 0 saturated carbocycles. The van der Waals surface area contributed by atoms with E-state index in [1.165, 1.54) is 18.2 Å². The third kappa shape index (κ3) is 4.06. The molecule has 0 heterocycles. The average Bonchev–Trinajstić information content (AvgIpc) is 2.76. The number of rotatable bonds is 4. The average molecular weight is 399 g/mol. The summed E-state index contributed by atoms with van der Waals surface area (Å²) in [5.41, 5.74) is 4.64. The molecule has 0 aliphatic heterocycles. The molecule has 0 aromatic heterocycles. The second-order valence-electron chi connectivity index (χ2n) is 6.48. The lowest BCUT2D eigenvalue weighted by Gasteiger charge is -2.09. The molecule has 0 atom stereocenters. The van der Waals surface area contributed by atoms with E-state index in [1.807, 2.05) is 66.1 Å². The second kappa shape index (κ2) is 8.30. The topological polar surface area (TPSA) is 23.8 Å². The van der Waals surface area contributed by atoms with Crippen molar-refractivity contribution in [2.45, 2.75) is 4.90 Å². The standard InChI is InChI=1S/C25H15F2NS/c26-23-14-20(19-8-6-18(7-9-19)17-4-2-1-3-5-17)10-12-22(23)21-11-13-25(29-16-28)24(27)15-21/h1-15H. The van der Waals surface area contributed by atoms with Gasteiger partial charge in [-0.3, -0.25) is 0 Å². The van der Waals surface area contributed by atoms with Gasteiger partial charge in [0.15, 0.2) is 0 Å². The summed E-state index contributed by atoms with van der Waals surface area (Å²) in [6, 6.07) is 27.3. The Bertz CT molecular complexity index is 1200. The van der Waals surface area contributed by atoms with Crippen molar-refractivity contribution in [2.24, 2.45) is 0 Å². The molecule has 4 heteroatoms. The molecule has 0 spiro atoms. The predicted molar refractivity (Wildman–Crippen MR) is 114 cm³/mol. The summed E-state index contributed by atoms with van der Waals surface area (Å²) in [6.45, 7) is 0. The number of halogens is 2. The highest BCUT2D eigenvalue weighted by molar-refractivity contribution is 8.03. The van der Waals surface area contributed by atoms with Crippen LogP contribution in [0.3, 0.4) is 0 Å². The molecule has 4 aromatic rings. The van der Waals surface area contributed by atoms with E-state index in [-0.39, 0.29) is 4.90 Å². The Labute approximate surface area is 172 Å². The van der Waals surface area contributed by atoms with Gasteiger partial charge in [0.1, 0.15) is 17.0 Å². The number of benzene rings is 4. The van der Waals surface area contributed by atoms with E-state index in [0.29, 0.717) is 11.1 Å². The first-order valence-corrected chi connectivity index (χ1v) is 9.78. The van der Waals surface area contributed by atoms with E-state index in [4.69, 9.17) is 5.26 Å². The van der Waals surface area contributed by atoms with Crippen LogP contribution in [0.25, 0.3) is 33.4 Å². The van der Waals surface area contributed by atoms with Crippen LogP contribution in [0.15, 0.2) is 95.9 Å². The molecule has 0 aliphatic carbocycles. The molecular formula is C25H15F2NS. The molecule has 0 unspecified atom stereocenters. The summed E-state index contributed by atoms with van der Waals surface area (Å²) in [4.78, 5) is 0.229. The van der Waals surface area contributed by atoms with Crippen LogP contribution < -0.4 is 0 Å². The van der Waals surface area contributed by atoms with Crippen LogP contribution >= 0.6 is 11.8 Å². The molecule has 140 valence electrons. The van der Waals surface area contributed by atoms with Gasteiger partial charge < -0.3 is 0 Å². The lowest BCUT2D eigenvalue weighted by Crippen LogP contribution is -1.89. The number of thiocyanates is 1. The van der Waals surface area contributed by atoms with E-state index in [0.717, 1.165) is 34.0 Å². The maximum absolute atomic E-state index is 14.8. The van der Waals surface area contributed by atoms with E-state index in [9.17, 15) is 8.78 Å². The van der Waals surface area contributed by atoms with Gasteiger partial charge in [-0.25, -0.2) is 8.78 Å². The van der Waals surface area contributed by atoms with Gasteiger partial charge >= 0.3 is 0 Å². The molecule has 4 rings (SSSR count). The van der Waals surface area contributed by atoms with Crippen LogP contribution in [0.2, 0.25) is 0 Å².